The molecule has 0 radical (unpaired) electrons. The Hall–Kier alpha value is -0.990. The number of hydrogen-bond acceptors (Lipinski definition) is 5. The topological polar surface area (TPSA) is 63.2 Å². The van der Waals surface area contributed by atoms with Crippen molar-refractivity contribution in [3.05, 3.63) is 39.1 Å². The van der Waals surface area contributed by atoms with Crippen LogP contribution in [0.5, 0.6) is 0 Å². The summed E-state index contributed by atoms with van der Waals surface area (Å²) >= 11 is 4.99. The zero-order chi connectivity index (χ0) is 16.2. The number of nitrogens with zero attached hydrogens (tertiary/aromatic N) is 1. The Kier molecular flexibility index (Phi) is 7.18. The van der Waals surface area contributed by atoms with Crippen molar-refractivity contribution in [1.82, 2.24) is 15.6 Å². The molecule has 2 heterocycles. The molecule has 1 aromatic heterocycles. The Morgan fingerprint density at radius 1 is 1.46 bits per heavy atom. The van der Waals surface area contributed by atoms with E-state index in [2.05, 4.69) is 31.5 Å². The maximum atomic E-state index is 12.2. The summed E-state index contributed by atoms with van der Waals surface area (Å²) in [4.78, 5) is 16.9. The van der Waals surface area contributed by atoms with E-state index in [1.807, 2.05) is 36.6 Å². The average Bonchev–Trinajstić information content (AvgIpc) is 3.06. The van der Waals surface area contributed by atoms with E-state index in [0.29, 0.717) is 19.8 Å². The first-order chi connectivity index (χ1) is 11.1. The Morgan fingerprint density at radius 3 is 2.88 bits per heavy atom. The number of thiazole rings is 1. The molecule has 0 aliphatic carbocycles. The molecule has 5 nitrogen and oxygen atoms in total. The summed E-state index contributed by atoms with van der Waals surface area (Å²) < 4.78 is 6.36. The lowest BCUT2D eigenvalue weighted by Gasteiger charge is -2.24. The number of hydrogen-bond donors (Lipinski definition) is 2. The predicted octanol–water partition coefficient (Wildman–Crippen LogP) is 3.16. The molecule has 3 rings (SSSR count). The van der Waals surface area contributed by atoms with Crippen molar-refractivity contribution in [2.45, 2.75) is 19.0 Å². The largest absolute Gasteiger partial charge is 0.378 e. The number of amides is 1. The minimum atomic E-state index is -0.280. The van der Waals surface area contributed by atoms with Gasteiger partial charge in [0.15, 0.2) is 0 Å². The Morgan fingerprint density at radius 2 is 2.21 bits per heavy atom. The normalized spacial score (nSPS) is 18.5. The van der Waals surface area contributed by atoms with Crippen LogP contribution in [0.15, 0.2) is 34.1 Å². The molecule has 1 aromatic carbocycles. The lowest BCUT2D eigenvalue weighted by atomic mass is 10.2. The first kappa shape index (κ1) is 19.3. The van der Waals surface area contributed by atoms with Crippen LogP contribution < -0.4 is 10.6 Å². The molecule has 1 saturated heterocycles. The second-order valence-electron chi connectivity index (χ2n) is 5.39. The molecule has 8 heteroatoms. The highest BCUT2D eigenvalue weighted by atomic mass is 79.9. The molecule has 0 saturated carbocycles. The minimum absolute atomic E-state index is 0. The number of rotatable bonds is 4. The van der Waals surface area contributed by atoms with Gasteiger partial charge >= 0.3 is 0 Å². The molecule has 2 N–H and O–H groups in total. The summed E-state index contributed by atoms with van der Waals surface area (Å²) in [6, 6.07) is 7.63. The maximum Gasteiger partial charge on any atom is 0.240 e. The molecule has 1 amide bonds. The van der Waals surface area contributed by atoms with E-state index >= 15 is 0 Å². The highest BCUT2D eigenvalue weighted by Gasteiger charge is 2.23. The summed E-state index contributed by atoms with van der Waals surface area (Å²) in [5.41, 5.74) is 1.99. The Bertz CT molecular complexity index is 674. The van der Waals surface area contributed by atoms with E-state index < -0.39 is 0 Å². The van der Waals surface area contributed by atoms with Gasteiger partial charge in [-0.05, 0) is 19.1 Å². The Balaban J connectivity index is 0.00000208. The van der Waals surface area contributed by atoms with E-state index in [1.54, 1.807) is 11.3 Å². The van der Waals surface area contributed by atoms with Crippen LogP contribution in [0.1, 0.15) is 18.0 Å². The van der Waals surface area contributed by atoms with E-state index in [0.717, 1.165) is 20.7 Å². The van der Waals surface area contributed by atoms with Gasteiger partial charge in [0.2, 0.25) is 5.91 Å². The number of carbonyl (C=O) groups is 1. The standard InChI is InChI=1S/C16H18BrN3O2S.ClH/c1-10(19-15(21)13-8-22-7-6-18-13)16-20-14(9-23-16)11-2-4-12(17)5-3-11;/h2-5,9-10,13,18H,6-8H2,1H3,(H,19,21);1H. The fourth-order valence-corrected chi connectivity index (χ4v) is 3.45. The van der Waals surface area contributed by atoms with Crippen LogP contribution >= 0.6 is 39.7 Å². The van der Waals surface area contributed by atoms with Crippen molar-refractivity contribution in [2.24, 2.45) is 0 Å². The monoisotopic (exact) mass is 431 g/mol. The summed E-state index contributed by atoms with van der Waals surface area (Å²) in [6.45, 7) is 3.73. The number of aromatic nitrogens is 1. The lowest BCUT2D eigenvalue weighted by Crippen LogP contribution is -2.51. The van der Waals surface area contributed by atoms with Crippen molar-refractivity contribution in [3.8, 4) is 11.3 Å². The van der Waals surface area contributed by atoms with Crippen LogP contribution in [0.4, 0.5) is 0 Å². The highest BCUT2D eigenvalue weighted by Crippen LogP contribution is 2.26. The number of ether oxygens (including phenoxy) is 1. The van der Waals surface area contributed by atoms with Crippen molar-refractivity contribution < 1.29 is 9.53 Å². The molecule has 0 bridgehead atoms. The van der Waals surface area contributed by atoms with Crippen molar-refractivity contribution in [3.63, 3.8) is 0 Å². The molecular weight excluding hydrogens is 414 g/mol. The zero-order valence-electron chi connectivity index (χ0n) is 13.1. The van der Waals surface area contributed by atoms with Crippen molar-refractivity contribution in [2.75, 3.05) is 19.8 Å². The van der Waals surface area contributed by atoms with E-state index in [-0.39, 0.29) is 30.4 Å². The molecule has 24 heavy (non-hydrogen) atoms. The first-order valence-electron chi connectivity index (χ1n) is 7.46. The second-order valence-corrected chi connectivity index (χ2v) is 7.20. The number of carbonyl (C=O) groups excluding carboxylic acids is 1. The van der Waals surface area contributed by atoms with E-state index in [9.17, 15) is 4.79 Å². The molecule has 1 fully saturated rings. The number of morpholine rings is 1. The SMILES string of the molecule is CC(NC(=O)C1COCCN1)c1nc(-c2ccc(Br)cc2)cs1.Cl. The summed E-state index contributed by atoms with van der Waals surface area (Å²) in [6.07, 6.45) is 0. The van der Waals surface area contributed by atoms with E-state index in [1.165, 1.54) is 0 Å². The average molecular weight is 433 g/mol. The third kappa shape index (κ3) is 4.77. The van der Waals surface area contributed by atoms with Crippen LogP contribution in [0.25, 0.3) is 11.3 Å². The van der Waals surface area contributed by atoms with Gasteiger partial charge < -0.3 is 15.4 Å². The van der Waals surface area contributed by atoms with Gasteiger partial charge in [-0.25, -0.2) is 4.98 Å². The van der Waals surface area contributed by atoms with Gasteiger partial charge in [-0.1, -0.05) is 28.1 Å². The van der Waals surface area contributed by atoms with Gasteiger partial charge in [0.25, 0.3) is 0 Å². The van der Waals surface area contributed by atoms with Crippen LogP contribution in [-0.4, -0.2) is 36.7 Å². The highest BCUT2D eigenvalue weighted by molar-refractivity contribution is 9.10. The summed E-state index contributed by atoms with van der Waals surface area (Å²) in [7, 11) is 0. The van der Waals surface area contributed by atoms with Gasteiger partial charge in [-0.3, -0.25) is 4.79 Å². The van der Waals surface area contributed by atoms with Gasteiger partial charge in [0.05, 0.1) is 24.9 Å². The fourth-order valence-electron chi connectivity index (χ4n) is 2.35. The molecule has 0 spiro atoms. The minimum Gasteiger partial charge on any atom is -0.378 e. The zero-order valence-corrected chi connectivity index (χ0v) is 16.3. The smallest absolute Gasteiger partial charge is 0.240 e. The van der Waals surface area contributed by atoms with Crippen LogP contribution in [-0.2, 0) is 9.53 Å². The second kappa shape index (κ2) is 8.92. The summed E-state index contributed by atoms with van der Waals surface area (Å²) in [5.74, 6) is -0.0439. The van der Waals surface area contributed by atoms with Crippen molar-refractivity contribution >= 4 is 45.6 Å². The third-order valence-corrected chi connectivity index (χ3v) is 5.19. The van der Waals surface area contributed by atoms with Crippen LogP contribution in [0, 0.1) is 0 Å². The maximum absolute atomic E-state index is 12.2. The Labute approximate surface area is 159 Å². The van der Waals surface area contributed by atoms with Crippen LogP contribution in [0.2, 0.25) is 0 Å². The lowest BCUT2D eigenvalue weighted by molar-refractivity contribution is -0.126. The molecule has 2 unspecified atom stereocenters. The molecular formula is C16H19BrClN3O2S. The fraction of sp³-hybridized carbons (Fsp3) is 0.375. The summed E-state index contributed by atoms with van der Waals surface area (Å²) in [5, 5.41) is 9.07. The molecule has 1 aliphatic rings. The van der Waals surface area contributed by atoms with Crippen LogP contribution in [0.3, 0.4) is 0 Å². The quantitative estimate of drug-likeness (QED) is 0.779. The van der Waals surface area contributed by atoms with Gasteiger partial charge in [-0.15, -0.1) is 23.7 Å². The molecule has 2 atom stereocenters. The molecule has 130 valence electrons. The van der Waals surface area contributed by atoms with Gasteiger partial charge in [-0.2, -0.15) is 0 Å². The van der Waals surface area contributed by atoms with Gasteiger partial charge in [0, 0.05) is 22.0 Å². The third-order valence-electron chi connectivity index (χ3n) is 3.63. The number of benzene rings is 1. The molecule has 2 aromatic rings. The predicted molar refractivity (Wildman–Crippen MR) is 102 cm³/mol. The van der Waals surface area contributed by atoms with Crippen molar-refractivity contribution in [1.29, 1.82) is 0 Å². The number of nitrogens with one attached hydrogen (secondary N) is 2. The van der Waals surface area contributed by atoms with Gasteiger partial charge in [0.1, 0.15) is 11.0 Å². The van der Waals surface area contributed by atoms with E-state index in [4.69, 9.17) is 4.74 Å². The first-order valence-corrected chi connectivity index (χ1v) is 9.13. The molecule has 1 aliphatic heterocycles. The number of halogens is 2.